The number of pyridine rings is 1. The molecule has 0 radical (unpaired) electrons. The van der Waals surface area contributed by atoms with Gasteiger partial charge in [0.1, 0.15) is 5.75 Å². The second-order valence-corrected chi connectivity index (χ2v) is 9.97. The van der Waals surface area contributed by atoms with E-state index in [4.69, 9.17) is 14.8 Å². The zero-order chi connectivity index (χ0) is 24.2. The third-order valence-electron chi connectivity index (χ3n) is 7.79. The lowest BCUT2D eigenvalue weighted by atomic mass is 9.98. The van der Waals surface area contributed by atoms with Gasteiger partial charge in [-0.2, -0.15) is 0 Å². The Morgan fingerprint density at radius 1 is 1.20 bits per heavy atom. The zero-order valence-corrected chi connectivity index (χ0v) is 20.9. The maximum Gasteiger partial charge on any atom is 0.415 e. The maximum absolute atomic E-state index is 12.9. The molecule has 0 saturated carbocycles. The van der Waals surface area contributed by atoms with E-state index >= 15 is 0 Å². The molecule has 0 aliphatic carbocycles. The van der Waals surface area contributed by atoms with Gasteiger partial charge in [-0.3, -0.25) is 0 Å². The van der Waals surface area contributed by atoms with Crippen molar-refractivity contribution >= 4 is 22.7 Å². The second-order valence-electron chi connectivity index (χ2n) is 9.97. The first kappa shape index (κ1) is 24.1. The number of benzene rings is 1. The predicted octanol–water partition coefficient (Wildman–Crippen LogP) is 4.46. The molecule has 4 heterocycles. The number of amides is 1. The van der Waals surface area contributed by atoms with Crippen LogP contribution in [-0.2, 0) is 13.0 Å². The molecule has 0 bridgehead atoms. The van der Waals surface area contributed by atoms with Crippen LogP contribution in [-0.4, -0.2) is 64.8 Å². The van der Waals surface area contributed by atoms with Crippen LogP contribution >= 0.6 is 0 Å². The Labute approximate surface area is 208 Å². The fourth-order valence-corrected chi connectivity index (χ4v) is 5.86. The molecule has 35 heavy (non-hydrogen) atoms. The van der Waals surface area contributed by atoms with Gasteiger partial charge in [-0.15, -0.1) is 0 Å². The van der Waals surface area contributed by atoms with Crippen molar-refractivity contribution in [1.82, 2.24) is 20.1 Å². The van der Waals surface area contributed by atoms with Crippen LogP contribution in [0.1, 0.15) is 68.7 Å². The molecule has 0 unspecified atom stereocenters. The highest BCUT2D eigenvalue weighted by Crippen LogP contribution is 2.33. The molecule has 2 fully saturated rings. The van der Waals surface area contributed by atoms with Gasteiger partial charge < -0.3 is 25.0 Å². The number of unbranched alkanes of at least 4 members (excludes halogenated alkanes) is 1. The molecule has 2 saturated heterocycles. The lowest BCUT2D eigenvalue weighted by Gasteiger charge is -2.39. The minimum atomic E-state index is -0.246. The normalized spacial score (nSPS) is 20.3. The Bertz CT molecular complexity index is 1090. The van der Waals surface area contributed by atoms with Crippen LogP contribution in [0, 0.1) is 0 Å². The zero-order valence-electron chi connectivity index (χ0n) is 20.9. The van der Waals surface area contributed by atoms with E-state index in [2.05, 4.69) is 23.2 Å². The Morgan fingerprint density at radius 2 is 2.00 bits per heavy atom. The molecule has 0 spiro atoms. The molecule has 3 aliphatic rings. The van der Waals surface area contributed by atoms with Crippen LogP contribution in [0.2, 0.25) is 0 Å². The van der Waals surface area contributed by atoms with Crippen molar-refractivity contribution in [3.63, 3.8) is 0 Å². The minimum absolute atomic E-state index is 0.194. The second kappa shape index (κ2) is 11.0. The summed E-state index contributed by atoms with van der Waals surface area (Å²) in [6, 6.07) is 6.41. The van der Waals surface area contributed by atoms with Crippen molar-refractivity contribution in [2.45, 2.75) is 70.9 Å². The summed E-state index contributed by atoms with van der Waals surface area (Å²) in [5, 5.41) is 13.6. The highest BCUT2D eigenvalue weighted by atomic mass is 16.6. The third-order valence-corrected chi connectivity index (χ3v) is 7.79. The predicted molar refractivity (Wildman–Crippen MR) is 138 cm³/mol. The van der Waals surface area contributed by atoms with Gasteiger partial charge in [0, 0.05) is 43.2 Å². The average Bonchev–Trinajstić information content (AvgIpc) is 3.30. The molecule has 2 aromatic rings. The smallest absolute Gasteiger partial charge is 0.410 e. The number of ether oxygens (including phenoxy) is 1. The molecule has 188 valence electrons. The van der Waals surface area contributed by atoms with Crippen molar-refractivity contribution in [2.75, 3.05) is 32.8 Å². The van der Waals surface area contributed by atoms with E-state index in [-0.39, 0.29) is 12.7 Å². The van der Waals surface area contributed by atoms with Crippen LogP contribution < -0.4 is 10.1 Å². The number of likely N-dealkylation sites (tertiary alicyclic amines) is 2. The fraction of sp³-hybridized carbons (Fsp3) is 0.571. The van der Waals surface area contributed by atoms with Gasteiger partial charge in [0.2, 0.25) is 0 Å². The number of rotatable bonds is 6. The number of carbonyl (C=O) groups is 1. The highest BCUT2D eigenvalue weighted by Gasteiger charge is 2.29. The summed E-state index contributed by atoms with van der Waals surface area (Å²) in [4.78, 5) is 22.4. The number of aliphatic hydroxyl groups is 1. The largest absolute Gasteiger partial charge is 0.415 e. The summed E-state index contributed by atoms with van der Waals surface area (Å²) < 4.78 is 5.84. The van der Waals surface area contributed by atoms with E-state index in [1.54, 1.807) is 0 Å². The van der Waals surface area contributed by atoms with Crippen molar-refractivity contribution < 1.29 is 14.6 Å². The number of hydrogen-bond acceptors (Lipinski definition) is 6. The van der Waals surface area contributed by atoms with Gasteiger partial charge in [0.15, 0.2) is 0 Å². The lowest BCUT2D eigenvalue weighted by Crippen LogP contribution is -2.48. The van der Waals surface area contributed by atoms with Crippen LogP contribution in [0.15, 0.2) is 24.3 Å². The van der Waals surface area contributed by atoms with E-state index < -0.39 is 0 Å². The standard InChI is InChI=1S/C28H38N4O3/c1-2-22-23-18-21(9-10-25(23)30-27-24(22)19-29-26(27)8-4-7-17-33)35-28(34)32-15-11-20(12-16-32)31-13-5-3-6-14-31/h8-10,18,20,29,33H,2-7,11-17,19H2,1H3/b26-8-. The molecule has 7 heteroatoms. The average molecular weight is 479 g/mol. The molecule has 1 aromatic carbocycles. The summed E-state index contributed by atoms with van der Waals surface area (Å²) in [7, 11) is 0. The number of allylic oxidation sites excluding steroid dienone is 1. The first-order chi connectivity index (χ1) is 17.2. The Morgan fingerprint density at radius 3 is 2.74 bits per heavy atom. The maximum atomic E-state index is 12.9. The molecule has 1 amide bonds. The number of carbonyl (C=O) groups excluding carboxylic acids is 1. The van der Waals surface area contributed by atoms with E-state index in [9.17, 15) is 4.79 Å². The summed E-state index contributed by atoms with van der Waals surface area (Å²) in [6.07, 6.45) is 10.4. The Hall–Kier alpha value is -2.64. The monoisotopic (exact) mass is 478 g/mol. The van der Waals surface area contributed by atoms with Crippen LogP contribution in [0.5, 0.6) is 5.75 Å². The molecular formula is C28H38N4O3. The minimum Gasteiger partial charge on any atom is -0.410 e. The number of nitrogens with zero attached hydrogens (tertiary/aromatic N) is 3. The quantitative estimate of drug-likeness (QED) is 0.597. The molecule has 0 atom stereocenters. The van der Waals surface area contributed by atoms with Gasteiger partial charge in [-0.1, -0.05) is 19.4 Å². The molecule has 2 N–H and O–H groups in total. The van der Waals surface area contributed by atoms with E-state index in [1.807, 2.05) is 23.1 Å². The number of fused-ring (bicyclic) bond motifs is 2. The third kappa shape index (κ3) is 5.16. The number of nitrogens with one attached hydrogen (secondary N) is 1. The van der Waals surface area contributed by atoms with Crippen molar-refractivity contribution in [3.05, 3.63) is 41.1 Å². The first-order valence-corrected chi connectivity index (χ1v) is 13.4. The lowest BCUT2D eigenvalue weighted by molar-refractivity contribution is 0.0878. The fourth-order valence-electron chi connectivity index (χ4n) is 5.86. The number of piperidine rings is 2. The van der Waals surface area contributed by atoms with Gasteiger partial charge in [-0.25, -0.2) is 9.78 Å². The van der Waals surface area contributed by atoms with Gasteiger partial charge >= 0.3 is 6.09 Å². The molecule has 3 aliphatic heterocycles. The van der Waals surface area contributed by atoms with Crippen LogP contribution in [0.3, 0.4) is 0 Å². The summed E-state index contributed by atoms with van der Waals surface area (Å²) in [6.45, 7) is 7.05. The summed E-state index contributed by atoms with van der Waals surface area (Å²) in [5.41, 5.74) is 5.45. The van der Waals surface area contributed by atoms with Crippen molar-refractivity contribution in [3.8, 4) is 5.75 Å². The highest BCUT2D eigenvalue weighted by molar-refractivity contribution is 5.89. The topological polar surface area (TPSA) is 77.9 Å². The molecule has 1 aromatic heterocycles. The van der Waals surface area contributed by atoms with Crippen LogP contribution in [0.25, 0.3) is 16.6 Å². The number of aliphatic hydroxyl groups excluding tert-OH is 1. The molecule has 7 nitrogen and oxygen atoms in total. The SMILES string of the molecule is CCc1c2c(nc3ccc(OC(=O)N4CCC(N5CCCCC5)CC4)cc13)/C(=C/CCCO)NC2. The van der Waals surface area contributed by atoms with E-state index in [1.165, 1.54) is 43.5 Å². The van der Waals surface area contributed by atoms with Gasteiger partial charge in [-0.05, 0) is 81.8 Å². The number of hydrogen-bond donors (Lipinski definition) is 2. The first-order valence-electron chi connectivity index (χ1n) is 13.4. The van der Waals surface area contributed by atoms with E-state index in [0.717, 1.165) is 74.0 Å². The summed E-state index contributed by atoms with van der Waals surface area (Å²) in [5.74, 6) is 0.585. The van der Waals surface area contributed by atoms with Gasteiger partial charge in [0.05, 0.1) is 16.9 Å². The van der Waals surface area contributed by atoms with E-state index in [0.29, 0.717) is 11.8 Å². The number of aromatic nitrogens is 1. The Balaban J connectivity index is 1.28. The molecular weight excluding hydrogens is 440 g/mol. The van der Waals surface area contributed by atoms with Gasteiger partial charge in [0.25, 0.3) is 0 Å². The summed E-state index contributed by atoms with van der Waals surface area (Å²) >= 11 is 0. The van der Waals surface area contributed by atoms with Crippen molar-refractivity contribution in [1.29, 1.82) is 0 Å². The number of aryl methyl sites for hydroxylation is 1. The Kier molecular flexibility index (Phi) is 7.54. The van der Waals surface area contributed by atoms with Crippen LogP contribution in [0.4, 0.5) is 4.79 Å². The molecule has 5 rings (SSSR count). The van der Waals surface area contributed by atoms with Crippen molar-refractivity contribution in [2.24, 2.45) is 0 Å².